The first-order chi connectivity index (χ1) is 18.1. The lowest BCUT2D eigenvalue weighted by Crippen LogP contribution is -2.43. The predicted molar refractivity (Wildman–Crippen MR) is 150 cm³/mol. The molecule has 0 aliphatic carbocycles. The number of nitrogens with zero attached hydrogens (tertiary/aromatic N) is 2. The lowest BCUT2D eigenvalue weighted by atomic mass is 10.00. The molecule has 0 aromatic heterocycles. The molecule has 0 radical (unpaired) electrons. The van der Waals surface area contributed by atoms with Gasteiger partial charge < -0.3 is 20.3 Å². The Morgan fingerprint density at radius 2 is 1.78 bits per heavy atom. The van der Waals surface area contributed by atoms with Crippen molar-refractivity contribution in [1.29, 1.82) is 0 Å². The van der Waals surface area contributed by atoms with Gasteiger partial charge in [-0.15, -0.1) is 6.42 Å². The Labute approximate surface area is 221 Å². The van der Waals surface area contributed by atoms with Crippen LogP contribution in [0, 0.1) is 12.3 Å². The molecule has 2 N–H and O–H groups in total. The van der Waals surface area contributed by atoms with E-state index in [1.54, 1.807) is 0 Å². The van der Waals surface area contributed by atoms with Crippen LogP contribution in [0.5, 0.6) is 0 Å². The molecule has 0 saturated carbocycles. The molecule has 0 spiro atoms. The van der Waals surface area contributed by atoms with Gasteiger partial charge in [-0.1, -0.05) is 72.7 Å². The molecule has 194 valence electrons. The standard InChI is InChI=1S/C31H38N4O2/c1-3-16-32-23-26-12-14-27(15-13-26)24-35(18-7-17-34-19-21-37-22-20-34)31(36)33-25(2)29-11-6-9-28-8-4-5-10-30(28)29/h1,4-6,8-15,25,32H,7,16-24H2,2H3,(H,33,36). The molecule has 0 bridgehead atoms. The number of hydrogen-bond acceptors (Lipinski definition) is 4. The molecule has 3 aromatic carbocycles. The van der Waals surface area contributed by atoms with E-state index >= 15 is 0 Å². The fraction of sp³-hybridized carbons (Fsp3) is 0.387. The third-order valence-electron chi connectivity index (χ3n) is 6.88. The van der Waals surface area contributed by atoms with Gasteiger partial charge in [0.05, 0.1) is 25.8 Å². The largest absolute Gasteiger partial charge is 0.379 e. The van der Waals surface area contributed by atoms with Crippen LogP contribution in [0.3, 0.4) is 0 Å². The summed E-state index contributed by atoms with van der Waals surface area (Å²) < 4.78 is 5.47. The van der Waals surface area contributed by atoms with Crippen LogP contribution in [0.25, 0.3) is 10.8 Å². The molecule has 1 fully saturated rings. The summed E-state index contributed by atoms with van der Waals surface area (Å²) in [6.45, 7) is 9.05. The Kier molecular flexibility index (Phi) is 9.96. The lowest BCUT2D eigenvalue weighted by Gasteiger charge is -2.29. The van der Waals surface area contributed by atoms with Gasteiger partial charge >= 0.3 is 6.03 Å². The highest BCUT2D eigenvalue weighted by atomic mass is 16.5. The van der Waals surface area contributed by atoms with E-state index in [-0.39, 0.29) is 12.1 Å². The fourth-order valence-electron chi connectivity index (χ4n) is 4.81. The second-order valence-electron chi connectivity index (χ2n) is 9.59. The minimum Gasteiger partial charge on any atom is -0.379 e. The Hall–Kier alpha value is -3.37. The zero-order valence-corrected chi connectivity index (χ0v) is 21.8. The number of carbonyl (C=O) groups excluding carboxylic acids is 1. The smallest absolute Gasteiger partial charge is 0.318 e. The van der Waals surface area contributed by atoms with Crippen molar-refractivity contribution in [1.82, 2.24) is 20.4 Å². The van der Waals surface area contributed by atoms with Crippen molar-refractivity contribution in [2.45, 2.75) is 32.5 Å². The molecule has 1 heterocycles. The lowest BCUT2D eigenvalue weighted by molar-refractivity contribution is 0.0364. The van der Waals surface area contributed by atoms with Gasteiger partial charge in [0.1, 0.15) is 0 Å². The number of rotatable bonds is 11. The molecule has 6 heteroatoms. The van der Waals surface area contributed by atoms with E-state index in [9.17, 15) is 4.79 Å². The molecule has 1 aliphatic heterocycles. The van der Waals surface area contributed by atoms with Crippen molar-refractivity contribution in [2.75, 3.05) is 45.9 Å². The van der Waals surface area contributed by atoms with Crippen molar-refractivity contribution in [3.63, 3.8) is 0 Å². The number of urea groups is 1. The predicted octanol–water partition coefficient (Wildman–Crippen LogP) is 4.56. The van der Waals surface area contributed by atoms with E-state index < -0.39 is 0 Å². The number of amides is 2. The highest BCUT2D eigenvalue weighted by molar-refractivity contribution is 5.86. The van der Waals surface area contributed by atoms with E-state index in [2.05, 4.69) is 83.0 Å². The average molecular weight is 499 g/mol. The van der Waals surface area contributed by atoms with Gasteiger partial charge in [-0.2, -0.15) is 0 Å². The topological polar surface area (TPSA) is 56.8 Å². The molecule has 37 heavy (non-hydrogen) atoms. The first kappa shape index (κ1) is 26.7. The third kappa shape index (κ3) is 7.80. The van der Waals surface area contributed by atoms with Crippen LogP contribution >= 0.6 is 0 Å². The summed E-state index contributed by atoms with van der Waals surface area (Å²) in [5, 5.41) is 8.83. The van der Waals surface area contributed by atoms with Crippen molar-refractivity contribution in [3.8, 4) is 12.3 Å². The normalized spacial score (nSPS) is 14.7. The molecule has 3 aromatic rings. The Bertz CT molecular complexity index is 1180. The van der Waals surface area contributed by atoms with Gasteiger partial charge in [-0.3, -0.25) is 4.90 Å². The number of terminal acetylenes is 1. The van der Waals surface area contributed by atoms with Crippen LogP contribution in [0.2, 0.25) is 0 Å². The number of ether oxygens (including phenoxy) is 1. The van der Waals surface area contributed by atoms with Gasteiger partial charge in [0.2, 0.25) is 0 Å². The summed E-state index contributed by atoms with van der Waals surface area (Å²) in [6.07, 6.45) is 6.24. The summed E-state index contributed by atoms with van der Waals surface area (Å²) in [6, 6.07) is 22.8. The molecule has 1 unspecified atom stereocenters. The van der Waals surface area contributed by atoms with Crippen molar-refractivity contribution in [2.24, 2.45) is 0 Å². The fourth-order valence-corrected chi connectivity index (χ4v) is 4.81. The van der Waals surface area contributed by atoms with Crippen molar-refractivity contribution >= 4 is 16.8 Å². The van der Waals surface area contributed by atoms with Gasteiger partial charge in [0.25, 0.3) is 0 Å². The number of morpholine rings is 1. The van der Waals surface area contributed by atoms with Crippen LogP contribution in [0.1, 0.15) is 36.1 Å². The van der Waals surface area contributed by atoms with Crippen LogP contribution in [-0.2, 0) is 17.8 Å². The number of nitrogens with one attached hydrogen (secondary N) is 2. The minimum absolute atomic E-state index is 0.0397. The van der Waals surface area contributed by atoms with Gasteiger partial charge in [-0.05, 0) is 40.8 Å². The second kappa shape index (κ2) is 13.8. The van der Waals surface area contributed by atoms with Crippen LogP contribution in [0.15, 0.2) is 66.7 Å². The Balaban J connectivity index is 1.42. The summed E-state index contributed by atoms with van der Waals surface area (Å²) in [5.74, 6) is 2.60. The first-order valence-electron chi connectivity index (χ1n) is 13.2. The summed E-state index contributed by atoms with van der Waals surface area (Å²) in [7, 11) is 0. The summed E-state index contributed by atoms with van der Waals surface area (Å²) >= 11 is 0. The Morgan fingerprint density at radius 3 is 2.57 bits per heavy atom. The van der Waals surface area contributed by atoms with Crippen molar-refractivity contribution in [3.05, 3.63) is 83.4 Å². The zero-order valence-electron chi connectivity index (χ0n) is 21.8. The summed E-state index contributed by atoms with van der Waals surface area (Å²) in [4.78, 5) is 17.9. The highest BCUT2D eigenvalue weighted by Crippen LogP contribution is 2.24. The van der Waals surface area contributed by atoms with Crippen LogP contribution in [-0.4, -0.2) is 61.8 Å². The number of carbonyl (C=O) groups is 1. The van der Waals surface area contributed by atoms with Crippen molar-refractivity contribution < 1.29 is 9.53 Å². The molecular formula is C31H38N4O2. The van der Waals surface area contributed by atoms with Gasteiger partial charge in [-0.25, -0.2) is 4.79 Å². The maximum Gasteiger partial charge on any atom is 0.318 e. The highest BCUT2D eigenvalue weighted by Gasteiger charge is 2.19. The van der Waals surface area contributed by atoms with E-state index in [0.29, 0.717) is 19.6 Å². The number of hydrogen-bond donors (Lipinski definition) is 2. The second-order valence-corrected chi connectivity index (χ2v) is 9.59. The minimum atomic E-state index is -0.107. The van der Waals surface area contributed by atoms with E-state index in [1.165, 1.54) is 16.3 Å². The molecular weight excluding hydrogens is 460 g/mol. The maximum atomic E-state index is 13.5. The quantitative estimate of drug-likeness (QED) is 0.301. The molecule has 6 nitrogen and oxygen atoms in total. The first-order valence-corrected chi connectivity index (χ1v) is 13.2. The van der Waals surface area contributed by atoms with E-state index in [0.717, 1.165) is 56.9 Å². The van der Waals surface area contributed by atoms with E-state index in [1.807, 2.05) is 17.0 Å². The molecule has 1 aliphatic rings. The average Bonchev–Trinajstić information content (AvgIpc) is 2.93. The monoisotopic (exact) mass is 498 g/mol. The third-order valence-corrected chi connectivity index (χ3v) is 6.88. The molecule has 1 atom stereocenters. The molecule has 4 rings (SSSR count). The summed E-state index contributed by atoms with van der Waals surface area (Å²) in [5.41, 5.74) is 3.41. The van der Waals surface area contributed by atoms with Crippen LogP contribution in [0.4, 0.5) is 4.79 Å². The zero-order chi connectivity index (χ0) is 25.9. The maximum absolute atomic E-state index is 13.5. The van der Waals surface area contributed by atoms with Gasteiger partial charge in [0.15, 0.2) is 0 Å². The van der Waals surface area contributed by atoms with Gasteiger partial charge in [0, 0.05) is 39.3 Å². The van der Waals surface area contributed by atoms with E-state index in [4.69, 9.17) is 11.2 Å². The Morgan fingerprint density at radius 1 is 1.05 bits per heavy atom. The molecule has 1 saturated heterocycles. The molecule has 2 amide bonds. The number of benzene rings is 3. The van der Waals surface area contributed by atoms with Crippen LogP contribution < -0.4 is 10.6 Å². The number of fused-ring (bicyclic) bond motifs is 1. The SMILES string of the molecule is C#CCNCc1ccc(CN(CCCN2CCOCC2)C(=O)NC(C)c2cccc3ccccc23)cc1.